The first kappa shape index (κ1) is 30.3. The number of carbonyl (C=O) groups excluding carboxylic acids is 1. The molecule has 0 aliphatic rings. The van der Waals surface area contributed by atoms with Crippen molar-refractivity contribution < 1.29 is 9.90 Å². The van der Waals surface area contributed by atoms with Gasteiger partial charge in [0.2, 0.25) is 0 Å². The number of amides is 1. The van der Waals surface area contributed by atoms with E-state index in [1.165, 1.54) is 17.0 Å². The van der Waals surface area contributed by atoms with Crippen LogP contribution in [0.1, 0.15) is 34.6 Å². The number of carbonyl (C=O) groups is 1. The van der Waals surface area contributed by atoms with E-state index in [-0.39, 0.29) is 22.4 Å². The van der Waals surface area contributed by atoms with Crippen LogP contribution < -0.4 is 15.6 Å². The van der Waals surface area contributed by atoms with E-state index in [9.17, 15) is 14.7 Å². The Kier molecular flexibility index (Phi) is 8.37. The number of halogens is 1. The number of pyridine rings is 2. The van der Waals surface area contributed by atoms with Gasteiger partial charge in [-0.2, -0.15) is 5.10 Å². The quantitative estimate of drug-likeness (QED) is 0.137. The van der Waals surface area contributed by atoms with Crippen molar-refractivity contribution in [2.24, 2.45) is 7.05 Å². The molecule has 214 valence electrons. The number of hydrogen-bond donors (Lipinski definition) is 3. The molecule has 4 radical (unpaired) electrons. The summed E-state index contributed by atoms with van der Waals surface area (Å²) in [6, 6.07) is 10.2. The van der Waals surface area contributed by atoms with Crippen molar-refractivity contribution in [3.8, 4) is 22.6 Å². The minimum Gasteiger partial charge on any atom is -0.388 e. The first-order valence-electron chi connectivity index (χ1n) is 13.0. The van der Waals surface area contributed by atoms with Gasteiger partial charge in [0.15, 0.2) is 5.69 Å². The van der Waals surface area contributed by atoms with Crippen LogP contribution in [-0.2, 0) is 12.6 Å². The number of anilines is 1. The average molecular weight is 611 g/mol. The lowest BCUT2D eigenvalue weighted by Gasteiger charge is -2.20. The summed E-state index contributed by atoms with van der Waals surface area (Å²) in [5.41, 5.74) is 2.16. The summed E-state index contributed by atoms with van der Waals surface area (Å²) in [6.07, 6.45) is 6.29. The molecule has 0 bridgehead atoms. The number of nitrogens with one attached hydrogen (secondary N) is 2. The highest BCUT2D eigenvalue weighted by molar-refractivity contribution is 7.97. The molecule has 0 saturated carbocycles. The third kappa shape index (κ3) is 6.17. The van der Waals surface area contributed by atoms with Crippen molar-refractivity contribution in [3.05, 3.63) is 87.3 Å². The van der Waals surface area contributed by atoms with Gasteiger partial charge in [-0.05, 0) is 49.7 Å². The number of aryl methyl sites for hydroxylation is 1. The normalized spacial score (nSPS) is 12.3. The molecule has 5 rings (SSSR count). The summed E-state index contributed by atoms with van der Waals surface area (Å²) in [6.45, 7) is 3.82. The molecule has 0 spiro atoms. The highest BCUT2D eigenvalue weighted by Gasteiger charge is 2.21. The summed E-state index contributed by atoms with van der Waals surface area (Å²) in [5.74, 6) is 0.0224. The number of hydrogen-bond acceptors (Lipinski definition) is 9. The van der Waals surface area contributed by atoms with Gasteiger partial charge in [0.1, 0.15) is 26.7 Å². The van der Waals surface area contributed by atoms with Gasteiger partial charge < -0.3 is 10.4 Å². The minimum absolute atomic E-state index is 0.148. The van der Waals surface area contributed by atoms with E-state index in [4.69, 9.17) is 32.3 Å². The van der Waals surface area contributed by atoms with Gasteiger partial charge in [-0.15, -0.1) is 0 Å². The fourth-order valence-corrected chi connectivity index (χ4v) is 5.10. The van der Waals surface area contributed by atoms with Gasteiger partial charge >= 0.3 is 0 Å². The monoisotopic (exact) mass is 610 g/mol. The van der Waals surface area contributed by atoms with Gasteiger partial charge in [-0.3, -0.25) is 28.5 Å². The van der Waals surface area contributed by atoms with Crippen LogP contribution in [0.25, 0.3) is 33.5 Å². The molecule has 0 aliphatic heterocycles. The van der Waals surface area contributed by atoms with Gasteiger partial charge in [-0.1, -0.05) is 29.6 Å². The maximum atomic E-state index is 13.6. The van der Waals surface area contributed by atoms with E-state index in [2.05, 4.69) is 25.1 Å². The Morgan fingerprint density at radius 2 is 1.91 bits per heavy atom. The molecule has 4 aromatic heterocycles. The molecule has 1 atom stereocenters. The van der Waals surface area contributed by atoms with Crippen molar-refractivity contribution in [2.45, 2.75) is 25.4 Å². The second-order valence-corrected chi connectivity index (χ2v) is 11.0. The zero-order chi connectivity index (χ0) is 31.1. The van der Waals surface area contributed by atoms with Crippen molar-refractivity contribution >= 4 is 61.7 Å². The number of benzene rings is 1. The second kappa shape index (κ2) is 11.9. The summed E-state index contributed by atoms with van der Waals surface area (Å²) in [5, 5.41) is 17.7. The van der Waals surface area contributed by atoms with E-state index >= 15 is 0 Å². The standard InChI is InChI=1S/C28H25B2ClN8O3S/c1-14-9-18(15(2)34-21-7-8-22(31)35-24(21)26(40)37-43-4)23-19(10-14)27(41)38(3)25(36-23)16-5-6-20(32-11-16)17-12-33-39(13-17)28(29,30)42/h5-13,15,34,42H,1-4H3,(H,37,40). The van der Waals surface area contributed by atoms with Crippen LogP contribution >= 0.6 is 23.5 Å². The maximum Gasteiger partial charge on any atom is 0.281 e. The Labute approximate surface area is 259 Å². The topological polar surface area (TPSA) is 140 Å². The zero-order valence-corrected chi connectivity index (χ0v) is 25.2. The number of nitrogens with zero attached hydrogens (tertiary/aromatic N) is 6. The molecule has 11 nitrogen and oxygen atoms in total. The molecule has 1 aromatic carbocycles. The lowest BCUT2D eigenvalue weighted by molar-refractivity contribution is 0.0980. The fraction of sp³-hybridized carbons (Fsp3) is 0.214. The number of fused-ring (bicyclic) bond motifs is 1. The van der Waals surface area contributed by atoms with Crippen LogP contribution in [0.15, 0.2) is 59.8 Å². The molecule has 1 unspecified atom stereocenters. The molecule has 1 amide bonds. The van der Waals surface area contributed by atoms with Gasteiger partial charge in [0.05, 0.1) is 40.0 Å². The summed E-state index contributed by atoms with van der Waals surface area (Å²) in [7, 11) is 12.6. The molecule has 0 fully saturated rings. The molecule has 5 aromatic rings. The Morgan fingerprint density at radius 1 is 1.14 bits per heavy atom. The predicted octanol–water partition coefficient (Wildman–Crippen LogP) is 3.29. The molecule has 0 aliphatic carbocycles. The van der Waals surface area contributed by atoms with E-state index in [0.29, 0.717) is 39.2 Å². The fourth-order valence-electron chi connectivity index (χ4n) is 4.67. The SMILES string of the molecule is [B]C([B])(O)n1cc(-c2ccc(-c3nc4c(C(C)Nc5ccc(Cl)nc5C(=O)NSC)cc(C)cc4c(=O)n3C)cn2)cn1. The largest absolute Gasteiger partial charge is 0.388 e. The first-order valence-corrected chi connectivity index (χ1v) is 14.6. The van der Waals surface area contributed by atoms with Gasteiger partial charge in [-0.25, -0.2) is 9.97 Å². The number of aromatic nitrogens is 6. The van der Waals surface area contributed by atoms with Crippen LogP contribution in [0.4, 0.5) is 5.69 Å². The molecule has 4 heterocycles. The lowest BCUT2D eigenvalue weighted by atomic mass is 9.73. The van der Waals surface area contributed by atoms with E-state index < -0.39 is 11.4 Å². The number of aliphatic hydroxyl groups is 1. The Balaban J connectivity index is 1.55. The van der Waals surface area contributed by atoms with Crippen molar-refractivity contribution in [2.75, 3.05) is 11.6 Å². The molecule has 0 saturated heterocycles. The number of rotatable bonds is 8. The molecular formula is C28H25B2ClN8O3S. The van der Waals surface area contributed by atoms with Crippen molar-refractivity contribution in [1.82, 2.24) is 34.0 Å². The van der Waals surface area contributed by atoms with E-state index in [1.54, 1.807) is 49.8 Å². The van der Waals surface area contributed by atoms with Crippen LogP contribution in [0.2, 0.25) is 5.15 Å². The predicted molar refractivity (Wildman–Crippen MR) is 170 cm³/mol. The highest BCUT2D eigenvalue weighted by atomic mass is 35.5. The van der Waals surface area contributed by atoms with Crippen molar-refractivity contribution in [1.29, 1.82) is 0 Å². The smallest absolute Gasteiger partial charge is 0.281 e. The van der Waals surface area contributed by atoms with Crippen LogP contribution in [0, 0.1) is 6.92 Å². The van der Waals surface area contributed by atoms with Gasteiger partial charge in [0, 0.05) is 42.4 Å². The molecule has 3 N–H and O–H groups in total. The Bertz CT molecular complexity index is 1910. The van der Waals surface area contributed by atoms with Crippen LogP contribution in [0.3, 0.4) is 0 Å². The third-order valence-corrected chi connectivity index (χ3v) is 7.33. The Morgan fingerprint density at radius 3 is 2.56 bits per heavy atom. The highest BCUT2D eigenvalue weighted by Crippen LogP contribution is 2.30. The summed E-state index contributed by atoms with van der Waals surface area (Å²) < 4.78 is 5.17. The molecule has 43 heavy (non-hydrogen) atoms. The minimum atomic E-state index is -2.14. The van der Waals surface area contributed by atoms with E-state index in [0.717, 1.165) is 27.8 Å². The Hall–Kier alpha value is -4.13. The van der Waals surface area contributed by atoms with Crippen LogP contribution in [0.5, 0.6) is 0 Å². The lowest BCUT2D eigenvalue weighted by Crippen LogP contribution is -2.34. The second-order valence-electron chi connectivity index (χ2n) is 9.97. The zero-order valence-electron chi connectivity index (χ0n) is 23.7. The molecule has 15 heteroatoms. The third-order valence-electron chi connectivity index (χ3n) is 6.73. The average Bonchev–Trinajstić information content (AvgIpc) is 3.47. The maximum absolute atomic E-state index is 13.6. The van der Waals surface area contributed by atoms with E-state index in [1.807, 2.05) is 19.9 Å². The summed E-state index contributed by atoms with van der Waals surface area (Å²) >= 11 is 7.24. The first-order chi connectivity index (χ1) is 20.4. The van der Waals surface area contributed by atoms with Crippen LogP contribution in [-0.4, -0.2) is 62.3 Å². The van der Waals surface area contributed by atoms with Crippen molar-refractivity contribution in [3.63, 3.8) is 0 Å². The summed E-state index contributed by atoms with van der Waals surface area (Å²) in [4.78, 5) is 39.9. The van der Waals surface area contributed by atoms with Gasteiger partial charge in [0.25, 0.3) is 11.5 Å². The molecular weight excluding hydrogens is 586 g/mol.